The third-order valence-electron chi connectivity index (χ3n) is 2.62. The molecule has 1 saturated carbocycles. The van der Waals surface area contributed by atoms with E-state index in [1.165, 1.54) is 0 Å². The van der Waals surface area contributed by atoms with Crippen LogP contribution in [0.25, 0.3) is 0 Å². The fourth-order valence-electron chi connectivity index (χ4n) is 1.44. The summed E-state index contributed by atoms with van der Waals surface area (Å²) >= 11 is 1.67. The van der Waals surface area contributed by atoms with Gasteiger partial charge < -0.3 is 5.32 Å². The molecule has 1 aromatic heterocycles. The van der Waals surface area contributed by atoms with E-state index >= 15 is 0 Å². The van der Waals surface area contributed by atoms with E-state index in [4.69, 9.17) is 0 Å². The average Bonchev–Trinajstić information content (AvgIpc) is 2.96. The van der Waals surface area contributed by atoms with Gasteiger partial charge in [-0.3, -0.25) is 4.79 Å². The molecule has 4 heteroatoms. The molecule has 1 aliphatic rings. The third kappa shape index (κ3) is 2.56. The van der Waals surface area contributed by atoms with E-state index in [1.54, 1.807) is 11.3 Å². The normalized spacial score (nSPS) is 17.5. The van der Waals surface area contributed by atoms with Crippen LogP contribution in [0.2, 0.25) is 0 Å². The van der Waals surface area contributed by atoms with E-state index in [0.29, 0.717) is 0 Å². The summed E-state index contributed by atoms with van der Waals surface area (Å²) in [7, 11) is 0. The van der Waals surface area contributed by atoms with E-state index in [9.17, 15) is 4.79 Å². The molecule has 1 fully saturated rings. The molecule has 1 heterocycles. The maximum atomic E-state index is 11.5. The number of hydrogen-bond acceptors (Lipinski definition) is 3. The van der Waals surface area contributed by atoms with Crippen LogP contribution < -0.4 is 5.32 Å². The minimum Gasteiger partial charge on any atom is -0.348 e. The molecule has 0 radical (unpaired) electrons. The van der Waals surface area contributed by atoms with Crippen molar-refractivity contribution in [2.24, 2.45) is 5.92 Å². The fourth-order valence-corrected chi connectivity index (χ4v) is 2.28. The minimum absolute atomic E-state index is 0.0506. The Balaban J connectivity index is 1.94. The Hall–Kier alpha value is -0.900. The number of carbonyl (C=O) groups is 1. The highest BCUT2D eigenvalue weighted by Crippen LogP contribution is 2.29. The molecule has 1 N–H and O–H groups in total. The smallest absolute Gasteiger partial charge is 0.223 e. The Morgan fingerprint density at radius 3 is 3.00 bits per heavy atom. The van der Waals surface area contributed by atoms with Crippen LogP contribution in [0.3, 0.4) is 0 Å². The summed E-state index contributed by atoms with van der Waals surface area (Å²) in [6, 6.07) is 0.0506. The van der Waals surface area contributed by atoms with Crippen molar-refractivity contribution in [3.05, 3.63) is 16.1 Å². The summed E-state index contributed by atoms with van der Waals surface area (Å²) in [5.41, 5.74) is 0.992. The zero-order valence-electron chi connectivity index (χ0n) is 9.12. The van der Waals surface area contributed by atoms with Crippen LogP contribution in [0, 0.1) is 5.92 Å². The van der Waals surface area contributed by atoms with E-state index in [2.05, 4.69) is 17.2 Å². The van der Waals surface area contributed by atoms with Gasteiger partial charge in [-0.25, -0.2) is 4.98 Å². The lowest BCUT2D eigenvalue weighted by atomic mass is 10.2. The summed E-state index contributed by atoms with van der Waals surface area (Å²) in [6.07, 6.45) is 3.07. The number of nitrogens with zero attached hydrogens (tertiary/aromatic N) is 1. The van der Waals surface area contributed by atoms with Crippen molar-refractivity contribution >= 4 is 17.2 Å². The molecule has 82 valence electrons. The van der Waals surface area contributed by atoms with Crippen LogP contribution in [-0.4, -0.2) is 10.9 Å². The van der Waals surface area contributed by atoms with Crippen LogP contribution in [0.5, 0.6) is 0 Å². The minimum atomic E-state index is 0.0506. The van der Waals surface area contributed by atoms with Crippen molar-refractivity contribution in [2.45, 2.75) is 39.2 Å². The molecule has 15 heavy (non-hydrogen) atoms. The van der Waals surface area contributed by atoms with Crippen molar-refractivity contribution in [3.8, 4) is 0 Å². The SMILES string of the molecule is CCc1nc(C(C)NC(=O)C2CC2)cs1. The Morgan fingerprint density at radius 2 is 2.47 bits per heavy atom. The highest BCUT2D eigenvalue weighted by atomic mass is 32.1. The largest absolute Gasteiger partial charge is 0.348 e. The van der Waals surface area contributed by atoms with Crippen molar-refractivity contribution in [1.82, 2.24) is 10.3 Å². The van der Waals surface area contributed by atoms with Crippen LogP contribution in [-0.2, 0) is 11.2 Å². The molecule has 2 rings (SSSR count). The Labute approximate surface area is 93.9 Å². The van der Waals surface area contributed by atoms with Crippen LogP contribution in [0.15, 0.2) is 5.38 Å². The predicted octanol–water partition coefficient (Wildman–Crippen LogP) is 2.29. The van der Waals surface area contributed by atoms with Gasteiger partial charge in [0.25, 0.3) is 0 Å². The maximum absolute atomic E-state index is 11.5. The van der Waals surface area contributed by atoms with Crippen molar-refractivity contribution in [3.63, 3.8) is 0 Å². The number of nitrogens with one attached hydrogen (secondary N) is 1. The van der Waals surface area contributed by atoms with E-state index in [0.717, 1.165) is 30.0 Å². The van der Waals surface area contributed by atoms with Gasteiger partial charge in [0.2, 0.25) is 5.91 Å². The lowest BCUT2D eigenvalue weighted by Crippen LogP contribution is -2.28. The quantitative estimate of drug-likeness (QED) is 0.852. The molecule has 0 aliphatic heterocycles. The van der Waals surface area contributed by atoms with Gasteiger partial charge in [-0.15, -0.1) is 11.3 Å². The highest BCUT2D eigenvalue weighted by molar-refractivity contribution is 7.09. The summed E-state index contributed by atoms with van der Waals surface area (Å²) in [4.78, 5) is 16.0. The molecular formula is C11H16N2OS. The molecule has 0 bridgehead atoms. The molecule has 0 saturated heterocycles. The van der Waals surface area contributed by atoms with E-state index in [-0.39, 0.29) is 17.9 Å². The second-order valence-corrected chi connectivity index (χ2v) is 4.97. The lowest BCUT2D eigenvalue weighted by Gasteiger charge is -2.10. The number of rotatable bonds is 4. The van der Waals surface area contributed by atoms with E-state index in [1.807, 2.05) is 12.3 Å². The molecule has 1 unspecified atom stereocenters. The van der Waals surface area contributed by atoms with Gasteiger partial charge in [0.1, 0.15) is 0 Å². The van der Waals surface area contributed by atoms with E-state index < -0.39 is 0 Å². The molecule has 3 nitrogen and oxygen atoms in total. The summed E-state index contributed by atoms with van der Waals surface area (Å²) in [5, 5.41) is 6.18. The van der Waals surface area contributed by atoms with Crippen LogP contribution in [0.1, 0.15) is 43.4 Å². The first-order valence-electron chi connectivity index (χ1n) is 5.45. The second-order valence-electron chi connectivity index (χ2n) is 4.02. The summed E-state index contributed by atoms with van der Waals surface area (Å²) in [5.74, 6) is 0.463. The summed E-state index contributed by atoms with van der Waals surface area (Å²) < 4.78 is 0. The van der Waals surface area contributed by atoms with Gasteiger partial charge in [0, 0.05) is 11.3 Å². The zero-order valence-corrected chi connectivity index (χ0v) is 9.93. The van der Waals surface area contributed by atoms with Crippen molar-refractivity contribution in [2.75, 3.05) is 0 Å². The lowest BCUT2D eigenvalue weighted by molar-refractivity contribution is -0.122. The summed E-state index contributed by atoms with van der Waals surface area (Å²) in [6.45, 7) is 4.09. The molecule has 0 aromatic carbocycles. The molecule has 1 aromatic rings. The van der Waals surface area contributed by atoms with Gasteiger partial charge >= 0.3 is 0 Å². The first-order chi connectivity index (χ1) is 7.20. The Kier molecular flexibility index (Phi) is 3.05. The van der Waals surface area contributed by atoms with Gasteiger partial charge in [0.15, 0.2) is 0 Å². The molecule has 1 amide bonds. The van der Waals surface area contributed by atoms with Crippen LogP contribution in [0.4, 0.5) is 0 Å². The Bertz CT molecular complexity index is 357. The molecule has 0 spiro atoms. The first-order valence-corrected chi connectivity index (χ1v) is 6.33. The Morgan fingerprint density at radius 1 is 1.73 bits per heavy atom. The fraction of sp³-hybridized carbons (Fsp3) is 0.636. The standard InChI is InChI=1S/C11H16N2OS/c1-3-10-13-9(6-15-10)7(2)12-11(14)8-4-5-8/h6-8H,3-5H2,1-2H3,(H,12,14). The molecule has 1 aliphatic carbocycles. The number of aromatic nitrogens is 1. The van der Waals surface area contributed by atoms with Gasteiger partial charge in [-0.2, -0.15) is 0 Å². The number of aryl methyl sites for hydroxylation is 1. The maximum Gasteiger partial charge on any atom is 0.223 e. The first kappa shape index (κ1) is 10.6. The topological polar surface area (TPSA) is 42.0 Å². The molecular weight excluding hydrogens is 208 g/mol. The average molecular weight is 224 g/mol. The highest BCUT2D eigenvalue weighted by Gasteiger charge is 2.30. The van der Waals surface area contributed by atoms with Gasteiger partial charge in [0.05, 0.1) is 16.7 Å². The van der Waals surface area contributed by atoms with Crippen molar-refractivity contribution in [1.29, 1.82) is 0 Å². The number of thiazole rings is 1. The predicted molar refractivity (Wildman–Crippen MR) is 60.8 cm³/mol. The van der Waals surface area contributed by atoms with Gasteiger partial charge in [-0.1, -0.05) is 6.92 Å². The molecule has 1 atom stereocenters. The third-order valence-corrected chi connectivity index (χ3v) is 3.63. The van der Waals surface area contributed by atoms with Gasteiger partial charge in [-0.05, 0) is 26.2 Å². The zero-order chi connectivity index (χ0) is 10.8. The number of hydrogen-bond donors (Lipinski definition) is 1. The monoisotopic (exact) mass is 224 g/mol. The number of amides is 1. The number of carbonyl (C=O) groups excluding carboxylic acids is 1. The second kappa shape index (κ2) is 4.31. The van der Waals surface area contributed by atoms with Crippen molar-refractivity contribution < 1.29 is 4.79 Å². The van der Waals surface area contributed by atoms with Crippen LogP contribution >= 0.6 is 11.3 Å².